The van der Waals surface area contributed by atoms with Crippen molar-refractivity contribution in [1.82, 2.24) is 0 Å². The monoisotopic (exact) mass is 574 g/mol. The first-order valence-electron chi connectivity index (χ1n) is 13.2. The van der Waals surface area contributed by atoms with Crippen molar-refractivity contribution in [3.8, 4) is 5.75 Å². The SMILES string of the molecule is COC(=O)C[C@H](C)N(Cc1ccccc1)c1ccc(N(CC(=O)OC)[S+]([O-])c2ccc(OC)cc2)c2ccccc12. The number of ether oxygens (including phenoxy) is 3. The summed E-state index contributed by atoms with van der Waals surface area (Å²) in [5.74, 6) is -0.173. The van der Waals surface area contributed by atoms with Gasteiger partial charge in [-0.25, -0.2) is 4.79 Å². The average molecular weight is 575 g/mol. The van der Waals surface area contributed by atoms with Crippen molar-refractivity contribution < 1.29 is 28.4 Å². The number of fused-ring (bicyclic) bond motifs is 1. The van der Waals surface area contributed by atoms with Gasteiger partial charge in [-0.3, -0.25) is 4.79 Å². The van der Waals surface area contributed by atoms with Crippen molar-refractivity contribution in [3.63, 3.8) is 0 Å². The van der Waals surface area contributed by atoms with Crippen LogP contribution in [0.3, 0.4) is 0 Å². The van der Waals surface area contributed by atoms with E-state index in [9.17, 15) is 14.1 Å². The summed E-state index contributed by atoms with van der Waals surface area (Å²) < 4.78 is 30.6. The molecular formula is C32H34N2O6S. The number of nitrogens with zero attached hydrogens (tertiary/aromatic N) is 2. The Morgan fingerprint density at radius 3 is 1.98 bits per heavy atom. The third-order valence-corrected chi connectivity index (χ3v) is 8.24. The zero-order chi connectivity index (χ0) is 29.4. The quantitative estimate of drug-likeness (QED) is 0.162. The molecule has 2 atom stereocenters. The smallest absolute Gasteiger partial charge is 0.330 e. The van der Waals surface area contributed by atoms with Crippen LogP contribution >= 0.6 is 0 Å². The average Bonchev–Trinajstić information content (AvgIpc) is 3.02. The summed E-state index contributed by atoms with van der Waals surface area (Å²) in [6, 6.07) is 28.3. The third kappa shape index (κ3) is 7.11. The molecule has 0 N–H and O–H groups in total. The Kier molecular flexibility index (Phi) is 10.1. The fourth-order valence-electron chi connectivity index (χ4n) is 4.66. The molecule has 9 heteroatoms. The van der Waals surface area contributed by atoms with Crippen LogP contribution in [0.2, 0.25) is 0 Å². The predicted molar refractivity (Wildman–Crippen MR) is 161 cm³/mol. The molecule has 0 aromatic heterocycles. The first-order chi connectivity index (χ1) is 19.9. The Morgan fingerprint density at radius 1 is 0.780 bits per heavy atom. The molecule has 0 amide bonds. The highest BCUT2D eigenvalue weighted by Gasteiger charge is 2.29. The molecule has 0 fully saturated rings. The lowest BCUT2D eigenvalue weighted by Crippen LogP contribution is -2.37. The van der Waals surface area contributed by atoms with Gasteiger partial charge in [0.2, 0.25) is 0 Å². The molecule has 0 heterocycles. The Hall–Kier alpha value is -4.21. The highest BCUT2D eigenvalue weighted by atomic mass is 32.2. The number of anilines is 2. The number of methoxy groups -OCH3 is 3. The molecular weight excluding hydrogens is 540 g/mol. The number of carbonyl (C=O) groups excluding carboxylic acids is 2. The van der Waals surface area contributed by atoms with Crippen LogP contribution in [0, 0.1) is 0 Å². The molecule has 214 valence electrons. The molecule has 1 unspecified atom stereocenters. The van der Waals surface area contributed by atoms with Crippen LogP contribution in [0.25, 0.3) is 10.8 Å². The van der Waals surface area contributed by atoms with Crippen molar-refractivity contribution in [2.24, 2.45) is 0 Å². The molecule has 41 heavy (non-hydrogen) atoms. The fourth-order valence-corrected chi connectivity index (χ4v) is 5.85. The molecule has 4 aromatic carbocycles. The maximum absolute atomic E-state index is 13.9. The van der Waals surface area contributed by atoms with Crippen molar-refractivity contribution in [1.29, 1.82) is 0 Å². The van der Waals surface area contributed by atoms with E-state index in [1.54, 1.807) is 35.7 Å². The molecule has 0 aliphatic rings. The Labute approximate surface area is 243 Å². The van der Waals surface area contributed by atoms with E-state index in [4.69, 9.17) is 14.2 Å². The van der Waals surface area contributed by atoms with E-state index in [2.05, 4.69) is 4.90 Å². The second-order valence-electron chi connectivity index (χ2n) is 9.43. The molecule has 4 aromatic rings. The van der Waals surface area contributed by atoms with E-state index < -0.39 is 17.3 Å². The van der Waals surface area contributed by atoms with Gasteiger partial charge >= 0.3 is 11.9 Å². The second kappa shape index (κ2) is 13.9. The van der Waals surface area contributed by atoms with Crippen LogP contribution in [0.5, 0.6) is 5.75 Å². The molecule has 4 rings (SSSR count). The van der Waals surface area contributed by atoms with E-state index in [-0.39, 0.29) is 25.0 Å². The van der Waals surface area contributed by atoms with E-state index in [1.807, 2.05) is 73.7 Å². The molecule has 0 spiro atoms. The van der Waals surface area contributed by atoms with Gasteiger partial charge in [0.15, 0.2) is 11.4 Å². The maximum Gasteiger partial charge on any atom is 0.330 e. The number of hydrogen-bond acceptors (Lipinski definition) is 8. The standard InChI is InChI=1S/C32H34N2O6S/c1-23(20-31(35)39-3)33(21-24-10-6-5-7-11-24)29-18-19-30(28-13-9-8-12-27(28)29)34(22-32(36)40-4)41(37)26-16-14-25(38-2)15-17-26/h5-19,23H,20-22H2,1-4H3/t23-,41?/m0/s1. The van der Waals surface area contributed by atoms with Gasteiger partial charge in [-0.15, -0.1) is 0 Å². The first kappa shape index (κ1) is 29.8. The van der Waals surface area contributed by atoms with Gasteiger partial charge in [0.05, 0.1) is 33.4 Å². The zero-order valence-corrected chi connectivity index (χ0v) is 24.4. The van der Waals surface area contributed by atoms with Gasteiger partial charge in [0.1, 0.15) is 17.1 Å². The zero-order valence-electron chi connectivity index (χ0n) is 23.6. The first-order valence-corrected chi connectivity index (χ1v) is 14.3. The molecule has 0 aliphatic heterocycles. The summed E-state index contributed by atoms with van der Waals surface area (Å²) in [4.78, 5) is 27.4. The minimum Gasteiger partial charge on any atom is -0.588 e. The van der Waals surface area contributed by atoms with Crippen molar-refractivity contribution >= 4 is 45.4 Å². The topological polar surface area (TPSA) is 91.4 Å². The fraction of sp³-hybridized carbons (Fsp3) is 0.250. The third-order valence-electron chi connectivity index (χ3n) is 6.84. The van der Waals surface area contributed by atoms with Crippen molar-refractivity contribution in [3.05, 3.63) is 96.6 Å². The molecule has 0 radical (unpaired) electrons. The van der Waals surface area contributed by atoms with Crippen molar-refractivity contribution in [2.45, 2.75) is 30.8 Å². The van der Waals surface area contributed by atoms with Crippen LogP contribution in [-0.2, 0) is 37.0 Å². The van der Waals surface area contributed by atoms with Gasteiger partial charge in [-0.1, -0.05) is 54.6 Å². The van der Waals surface area contributed by atoms with E-state index in [0.29, 0.717) is 22.9 Å². The van der Waals surface area contributed by atoms with Gasteiger partial charge in [-0.05, 0) is 48.9 Å². The maximum atomic E-state index is 13.9. The van der Waals surface area contributed by atoms with Crippen LogP contribution in [0.15, 0.2) is 95.9 Å². The summed E-state index contributed by atoms with van der Waals surface area (Å²) >= 11 is -1.73. The lowest BCUT2D eigenvalue weighted by atomic mass is 10.0. The van der Waals surface area contributed by atoms with E-state index in [0.717, 1.165) is 22.0 Å². The number of carbonyl (C=O) groups is 2. The van der Waals surface area contributed by atoms with Crippen LogP contribution < -0.4 is 13.9 Å². The number of esters is 2. The highest BCUT2D eigenvalue weighted by Crippen LogP contribution is 2.38. The summed E-state index contributed by atoms with van der Waals surface area (Å²) in [6.45, 7) is 2.34. The summed E-state index contributed by atoms with van der Waals surface area (Å²) in [7, 11) is 4.26. The predicted octanol–water partition coefficient (Wildman–Crippen LogP) is 5.51. The summed E-state index contributed by atoms with van der Waals surface area (Å²) in [5.41, 5.74) is 2.60. The lowest BCUT2D eigenvalue weighted by Gasteiger charge is -2.33. The van der Waals surface area contributed by atoms with Crippen LogP contribution in [0.1, 0.15) is 18.9 Å². The Morgan fingerprint density at radius 2 is 1.37 bits per heavy atom. The largest absolute Gasteiger partial charge is 0.588 e. The summed E-state index contributed by atoms with van der Waals surface area (Å²) in [5, 5.41) is 1.69. The Balaban J connectivity index is 1.82. The molecule has 0 saturated heterocycles. The van der Waals surface area contributed by atoms with E-state index >= 15 is 0 Å². The van der Waals surface area contributed by atoms with Gasteiger partial charge in [-0.2, -0.15) is 4.31 Å². The second-order valence-corrected chi connectivity index (χ2v) is 10.8. The van der Waals surface area contributed by atoms with Gasteiger partial charge in [0.25, 0.3) is 0 Å². The minimum atomic E-state index is -1.73. The van der Waals surface area contributed by atoms with Gasteiger partial charge in [0, 0.05) is 29.0 Å². The van der Waals surface area contributed by atoms with Crippen LogP contribution in [0.4, 0.5) is 11.4 Å². The van der Waals surface area contributed by atoms with Gasteiger partial charge < -0.3 is 23.7 Å². The number of hydrogen-bond donors (Lipinski definition) is 0. The number of rotatable bonds is 12. The highest BCUT2D eigenvalue weighted by molar-refractivity contribution is 7.92. The molecule has 0 bridgehead atoms. The minimum absolute atomic E-state index is 0.184. The molecule has 8 nitrogen and oxygen atoms in total. The van der Waals surface area contributed by atoms with Crippen molar-refractivity contribution in [2.75, 3.05) is 37.1 Å². The Bertz CT molecular complexity index is 1460. The molecule has 0 saturated carbocycles. The normalized spacial score (nSPS) is 12.3. The number of benzene rings is 4. The summed E-state index contributed by atoms with van der Waals surface area (Å²) in [6.07, 6.45) is 0.204. The lowest BCUT2D eigenvalue weighted by molar-refractivity contribution is -0.141. The van der Waals surface area contributed by atoms with E-state index in [1.165, 1.54) is 14.2 Å². The molecule has 0 aliphatic carbocycles. The van der Waals surface area contributed by atoms with Crippen LogP contribution in [-0.4, -0.2) is 50.4 Å².